The van der Waals surface area contributed by atoms with E-state index in [4.69, 9.17) is 4.74 Å². The fraction of sp³-hybridized carbons (Fsp3) is 0.625. The molecule has 110 valence electrons. The zero-order valence-corrected chi connectivity index (χ0v) is 12.3. The second-order valence-electron chi connectivity index (χ2n) is 6.05. The van der Waals surface area contributed by atoms with E-state index < -0.39 is 0 Å². The summed E-state index contributed by atoms with van der Waals surface area (Å²) in [5, 5.41) is 0. The van der Waals surface area contributed by atoms with Crippen LogP contribution in [0.5, 0.6) is 0 Å². The molecule has 1 aromatic carbocycles. The van der Waals surface area contributed by atoms with Gasteiger partial charge in [-0.25, -0.2) is 4.39 Å². The number of rotatable bonds is 2. The van der Waals surface area contributed by atoms with Crippen LogP contribution >= 0.6 is 0 Å². The van der Waals surface area contributed by atoms with Crippen molar-refractivity contribution in [3.05, 3.63) is 35.1 Å². The molecule has 2 fully saturated rings. The van der Waals surface area contributed by atoms with E-state index in [-0.39, 0.29) is 5.82 Å². The van der Waals surface area contributed by atoms with E-state index in [2.05, 4.69) is 16.8 Å². The van der Waals surface area contributed by atoms with Crippen molar-refractivity contribution in [3.63, 3.8) is 0 Å². The van der Waals surface area contributed by atoms with Gasteiger partial charge in [-0.05, 0) is 43.7 Å². The molecular formula is C16H23FN2O. The highest BCUT2D eigenvalue weighted by Crippen LogP contribution is 2.23. The van der Waals surface area contributed by atoms with Crippen LogP contribution in [-0.2, 0) is 11.3 Å². The highest BCUT2D eigenvalue weighted by Gasteiger charge is 2.35. The summed E-state index contributed by atoms with van der Waals surface area (Å²) < 4.78 is 19.0. The number of ether oxygens (including phenoxy) is 1. The van der Waals surface area contributed by atoms with E-state index in [1.54, 1.807) is 12.1 Å². The van der Waals surface area contributed by atoms with Crippen LogP contribution in [0, 0.1) is 12.7 Å². The fourth-order valence-corrected chi connectivity index (χ4v) is 3.33. The first kappa shape index (κ1) is 14.0. The molecule has 0 aromatic heterocycles. The van der Waals surface area contributed by atoms with E-state index >= 15 is 0 Å². The van der Waals surface area contributed by atoms with Gasteiger partial charge in [0.25, 0.3) is 0 Å². The van der Waals surface area contributed by atoms with Crippen LogP contribution in [0.1, 0.15) is 17.5 Å². The van der Waals surface area contributed by atoms with Crippen LogP contribution in [0.15, 0.2) is 18.2 Å². The summed E-state index contributed by atoms with van der Waals surface area (Å²) in [5.74, 6) is -0.148. The van der Waals surface area contributed by atoms with E-state index in [1.165, 1.54) is 5.56 Å². The number of morpholine rings is 1. The van der Waals surface area contributed by atoms with Crippen LogP contribution in [-0.4, -0.2) is 55.2 Å². The molecule has 2 atom stereocenters. The molecule has 4 heteroatoms. The number of benzene rings is 1. The minimum atomic E-state index is -0.148. The summed E-state index contributed by atoms with van der Waals surface area (Å²) in [5.41, 5.74) is 2.27. The van der Waals surface area contributed by atoms with Gasteiger partial charge >= 0.3 is 0 Å². The van der Waals surface area contributed by atoms with Crippen molar-refractivity contribution in [2.75, 3.05) is 33.3 Å². The minimum Gasteiger partial charge on any atom is -0.375 e. The minimum absolute atomic E-state index is 0.148. The predicted octanol–water partition coefficient (Wildman–Crippen LogP) is 2.04. The van der Waals surface area contributed by atoms with E-state index in [0.717, 1.165) is 44.8 Å². The topological polar surface area (TPSA) is 15.7 Å². The van der Waals surface area contributed by atoms with E-state index in [0.29, 0.717) is 12.1 Å². The number of halogens is 1. The molecule has 2 aliphatic heterocycles. The van der Waals surface area contributed by atoms with Gasteiger partial charge in [0, 0.05) is 32.2 Å². The summed E-state index contributed by atoms with van der Waals surface area (Å²) in [4.78, 5) is 4.88. The molecule has 20 heavy (non-hydrogen) atoms. The molecule has 2 saturated heterocycles. The molecule has 2 aliphatic rings. The van der Waals surface area contributed by atoms with Crippen LogP contribution in [0.4, 0.5) is 4.39 Å². The molecular weight excluding hydrogens is 255 g/mol. The van der Waals surface area contributed by atoms with Gasteiger partial charge < -0.3 is 4.74 Å². The number of piperidine rings is 1. The molecule has 1 aromatic rings. The highest BCUT2D eigenvalue weighted by molar-refractivity contribution is 5.26. The first-order chi connectivity index (χ1) is 9.63. The molecule has 2 heterocycles. The molecule has 0 radical (unpaired) electrons. The van der Waals surface area contributed by atoms with Gasteiger partial charge in [0.1, 0.15) is 5.82 Å². The molecule has 0 N–H and O–H groups in total. The Morgan fingerprint density at radius 3 is 3.00 bits per heavy atom. The van der Waals surface area contributed by atoms with Gasteiger partial charge in [0.15, 0.2) is 0 Å². The molecule has 0 amide bonds. The summed E-state index contributed by atoms with van der Waals surface area (Å²) in [6.45, 7) is 6.87. The third kappa shape index (κ3) is 2.87. The number of nitrogens with zero attached hydrogens (tertiary/aromatic N) is 2. The quantitative estimate of drug-likeness (QED) is 0.823. The third-order valence-electron chi connectivity index (χ3n) is 4.64. The van der Waals surface area contributed by atoms with Crippen molar-refractivity contribution in [3.8, 4) is 0 Å². The number of hydrogen-bond donors (Lipinski definition) is 0. The largest absolute Gasteiger partial charge is 0.375 e. The fourth-order valence-electron chi connectivity index (χ4n) is 3.33. The number of likely N-dealkylation sites (N-methyl/N-ethyl adjacent to an activating group) is 1. The Morgan fingerprint density at radius 2 is 2.20 bits per heavy atom. The van der Waals surface area contributed by atoms with Crippen molar-refractivity contribution in [2.45, 2.75) is 32.0 Å². The van der Waals surface area contributed by atoms with Gasteiger partial charge in [0.05, 0.1) is 12.7 Å². The Hall–Kier alpha value is -0.970. The van der Waals surface area contributed by atoms with E-state index in [1.807, 2.05) is 13.0 Å². The normalized spacial score (nSPS) is 28.4. The number of likely N-dealkylation sites (tertiary alicyclic amines) is 1. The maximum Gasteiger partial charge on any atom is 0.123 e. The lowest BCUT2D eigenvalue weighted by Crippen LogP contribution is -2.58. The Balaban J connectivity index is 1.66. The second kappa shape index (κ2) is 5.80. The smallest absolute Gasteiger partial charge is 0.123 e. The number of hydrogen-bond acceptors (Lipinski definition) is 3. The van der Waals surface area contributed by atoms with Gasteiger partial charge in [-0.2, -0.15) is 0 Å². The maximum absolute atomic E-state index is 13.2. The number of aryl methyl sites for hydroxylation is 1. The van der Waals surface area contributed by atoms with Crippen LogP contribution in [0.25, 0.3) is 0 Å². The maximum atomic E-state index is 13.2. The van der Waals surface area contributed by atoms with Crippen LogP contribution in [0.3, 0.4) is 0 Å². The van der Waals surface area contributed by atoms with Gasteiger partial charge in [-0.15, -0.1) is 0 Å². The lowest BCUT2D eigenvalue weighted by atomic mass is 9.98. The lowest BCUT2D eigenvalue weighted by Gasteiger charge is -2.45. The molecule has 0 unspecified atom stereocenters. The van der Waals surface area contributed by atoms with Crippen LogP contribution in [0.2, 0.25) is 0 Å². The molecule has 3 rings (SSSR count). The third-order valence-corrected chi connectivity index (χ3v) is 4.64. The standard InChI is InChI=1S/C16H23FN2O/c1-12-9-14(17)4-3-13(12)10-19-6-5-16-15(11-19)18(2)7-8-20-16/h3-4,9,15-16H,5-8,10-11H2,1-2H3/t15-,16-/m0/s1. The highest BCUT2D eigenvalue weighted by atomic mass is 19.1. The summed E-state index contributed by atoms with van der Waals surface area (Å²) in [7, 11) is 2.19. The molecule has 0 aliphatic carbocycles. The van der Waals surface area contributed by atoms with Crippen molar-refractivity contribution >= 4 is 0 Å². The summed E-state index contributed by atoms with van der Waals surface area (Å²) in [6.07, 6.45) is 1.48. The summed E-state index contributed by atoms with van der Waals surface area (Å²) >= 11 is 0. The van der Waals surface area contributed by atoms with E-state index in [9.17, 15) is 4.39 Å². The first-order valence-corrected chi connectivity index (χ1v) is 7.43. The first-order valence-electron chi connectivity index (χ1n) is 7.43. The van der Waals surface area contributed by atoms with Gasteiger partial charge in [-0.1, -0.05) is 6.07 Å². The van der Waals surface area contributed by atoms with Crippen molar-refractivity contribution in [1.29, 1.82) is 0 Å². The SMILES string of the molecule is Cc1cc(F)ccc1CN1CC[C@@H]2OCCN(C)[C@H]2C1. The molecule has 0 bridgehead atoms. The number of fused-ring (bicyclic) bond motifs is 1. The van der Waals surface area contributed by atoms with Gasteiger partial charge in [0.2, 0.25) is 0 Å². The monoisotopic (exact) mass is 278 g/mol. The Bertz CT molecular complexity index is 480. The second-order valence-corrected chi connectivity index (χ2v) is 6.05. The molecule has 0 spiro atoms. The molecule has 3 nitrogen and oxygen atoms in total. The predicted molar refractivity (Wildman–Crippen MR) is 77.2 cm³/mol. The van der Waals surface area contributed by atoms with Crippen molar-refractivity contribution in [2.24, 2.45) is 0 Å². The van der Waals surface area contributed by atoms with Gasteiger partial charge in [-0.3, -0.25) is 9.80 Å². The Morgan fingerprint density at radius 1 is 1.35 bits per heavy atom. The summed E-state index contributed by atoms with van der Waals surface area (Å²) in [6, 6.07) is 5.60. The Kier molecular flexibility index (Phi) is 4.06. The van der Waals surface area contributed by atoms with Crippen molar-refractivity contribution in [1.82, 2.24) is 9.80 Å². The average molecular weight is 278 g/mol. The Labute approximate surface area is 120 Å². The average Bonchev–Trinajstić information content (AvgIpc) is 2.43. The van der Waals surface area contributed by atoms with Crippen LogP contribution < -0.4 is 0 Å². The van der Waals surface area contributed by atoms with Crippen molar-refractivity contribution < 1.29 is 9.13 Å². The lowest BCUT2D eigenvalue weighted by molar-refractivity contribution is -0.0957. The zero-order valence-electron chi connectivity index (χ0n) is 12.3. The zero-order chi connectivity index (χ0) is 14.1. The molecule has 0 saturated carbocycles.